The van der Waals surface area contributed by atoms with E-state index in [1.54, 1.807) is 37.9 Å². The molecule has 7 heteroatoms. The Bertz CT molecular complexity index is 676. The van der Waals surface area contributed by atoms with Crippen LogP contribution in [0.1, 0.15) is 25.0 Å². The highest BCUT2D eigenvalue weighted by Gasteiger charge is 2.27. The molecular weight excluding hydrogens is 328 g/mol. The number of methoxy groups -OCH3 is 1. The molecule has 1 rings (SSSR count). The number of sulfonamides is 1. The van der Waals surface area contributed by atoms with Crippen molar-refractivity contribution in [2.75, 3.05) is 34.3 Å². The zero-order valence-corrected chi connectivity index (χ0v) is 16.4. The maximum absolute atomic E-state index is 12.9. The number of nitrogens with zero attached hydrogens (tertiary/aromatic N) is 2. The first-order chi connectivity index (χ1) is 11.0. The van der Waals surface area contributed by atoms with Gasteiger partial charge in [-0.3, -0.25) is 4.79 Å². The molecule has 0 aliphatic rings. The van der Waals surface area contributed by atoms with Gasteiger partial charge in [0, 0.05) is 20.6 Å². The summed E-state index contributed by atoms with van der Waals surface area (Å²) in [7, 11) is 0.905. The quantitative estimate of drug-likeness (QED) is 0.750. The Balaban J connectivity index is 3.06. The van der Waals surface area contributed by atoms with Crippen molar-refractivity contribution in [3.8, 4) is 5.75 Å². The summed E-state index contributed by atoms with van der Waals surface area (Å²) in [6, 6.07) is 3.36. The SMILES string of the molecule is COc1cc(C)c(S(=O)(=O)N(C)CC(=O)N(C)CC(C)C)c(C)c1. The lowest BCUT2D eigenvalue weighted by atomic mass is 10.1. The average Bonchev–Trinajstić information content (AvgIpc) is 2.44. The van der Waals surface area contributed by atoms with E-state index in [2.05, 4.69) is 0 Å². The predicted octanol–water partition coefficient (Wildman–Crippen LogP) is 2.05. The maximum atomic E-state index is 12.9. The molecule has 1 aromatic carbocycles. The number of hydrogen-bond acceptors (Lipinski definition) is 4. The van der Waals surface area contributed by atoms with Crippen LogP contribution in [0.2, 0.25) is 0 Å². The van der Waals surface area contributed by atoms with Crippen LogP contribution in [-0.2, 0) is 14.8 Å². The van der Waals surface area contributed by atoms with Gasteiger partial charge in [0.2, 0.25) is 15.9 Å². The van der Waals surface area contributed by atoms with Crippen LogP contribution in [0.4, 0.5) is 0 Å². The maximum Gasteiger partial charge on any atom is 0.243 e. The van der Waals surface area contributed by atoms with E-state index in [0.29, 0.717) is 29.3 Å². The van der Waals surface area contributed by atoms with Crippen molar-refractivity contribution < 1.29 is 17.9 Å². The van der Waals surface area contributed by atoms with Crippen LogP contribution < -0.4 is 4.74 Å². The van der Waals surface area contributed by atoms with Crippen molar-refractivity contribution in [2.24, 2.45) is 5.92 Å². The molecule has 1 amide bonds. The zero-order chi connectivity index (χ0) is 18.7. The Morgan fingerprint density at radius 3 is 2.08 bits per heavy atom. The van der Waals surface area contributed by atoms with Gasteiger partial charge >= 0.3 is 0 Å². The lowest BCUT2D eigenvalue weighted by molar-refractivity contribution is -0.130. The second-order valence-corrected chi connectivity index (χ2v) is 8.50. The standard InChI is InChI=1S/C17H28N2O4S/c1-12(2)10-18(5)16(20)11-19(6)24(21,22)17-13(3)8-15(23-7)9-14(17)4/h8-9,12H,10-11H2,1-7H3. The van der Waals surface area contributed by atoms with Crippen LogP contribution in [0, 0.1) is 19.8 Å². The monoisotopic (exact) mass is 356 g/mol. The smallest absolute Gasteiger partial charge is 0.243 e. The summed E-state index contributed by atoms with van der Waals surface area (Å²) in [5.41, 5.74) is 1.20. The molecule has 6 nitrogen and oxygen atoms in total. The van der Waals surface area contributed by atoms with E-state index in [0.717, 1.165) is 4.31 Å². The largest absolute Gasteiger partial charge is 0.497 e. The molecule has 136 valence electrons. The lowest BCUT2D eigenvalue weighted by Crippen LogP contribution is -2.40. The molecule has 0 unspecified atom stereocenters. The Kier molecular flexibility index (Phi) is 6.80. The van der Waals surface area contributed by atoms with Crippen LogP contribution in [0.15, 0.2) is 17.0 Å². The fourth-order valence-corrected chi connectivity index (χ4v) is 4.16. The van der Waals surface area contributed by atoms with Gasteiger partial charge in [-0.25, -0.2) is 8.42 Å². The normalized spacial score (nSPS) is 11.9. The second-order valence-electron chi connectivity index (χ2n) is 6.52. The predicted molar refractivity (Wildman–Crippen MR) is 94.8 cm³/mol. The molecule has 0 saturated carbocycles. The summed E-state index contributed by atoms with van der Waals surface area (Å²) in [6.07, 6.45) is 0. The van der Waals surface area contributed by atoms with Crippen LogP contribution in [0.25, 0.3) is 0 Å². The number of benzene rings is 1. The van der Waals surface area contributed by atoms with Gasteiger partial charge in [-0.1, -0.05) is 13.8 Å². The van der Waals surface area contributed by atoms with Gasteiger partial charge in [0.05, 0.1) is 18.6 Å². The van der Waals surface area contributed by atoms with Gasteiger partial charge in [0.1, 0.15) is 5.75 Å². The van der Waals surface area contributed by atoms with E-state index >= 15 is 0 Å². The van der Waals surface area contributed by atoms with Crippen LogP contribution in [-0.4, -0.2) is 57.8 Å². The van der Waals surface area contributed by atoms with Gasteiger partial charge in [-0.05, 0) is 43.0 Å². The Morgan fingerprint density at radius 1 is 1.17 bits per heavy atom. The van der Waals surface area contributed by atoms with Gasteiger partial charge in [-0.2, -0.15) is 4.31 Å². The van der Waals surface area contributed by atoms with E-state index in [1.165, 1.54) is 14.2 Å². The summed E-state index contributed by atoms with van der Waals surface area (Å²) in [5.74, 6) is 0.713. The third-order valence-corrected chi connectivity index (χ3v) is 5.87. The molecule has 0 aromatic heterocycles. The molecule has 0 fully saturated rings. The molecule has 0 aliphatic carbocycles. The summed E-state index contributed by atoms with van der Waals surface area (Å²) < 4.78 is 32.0. The molecule has 0 atom stereocenters. The minimum Gasteiger partial charge on any atom is -0.497 e. The number of rotatable bonds is 7. The minimum absolute atomic E-state index is 0.184. The van der Waals surface area contributed by atoms with Crippen LogP contribution in [0.5, 0.6) is 5.75 Å². The van der Waals surface area contributed by atoms with Crippen molar-refractivity contribution >= 4 is 15.9 Å². The number of carbonyl (C=O) groups excluding carboxylic acids is 1. The second kappa shape index (κ2) is 7.98. The molecule has 0 aliphatic heterocycles. The summed E-state index contributed by atoms with van der Waals surface area (Å²) in [4.78, 5) is 14.0. The number of ether oxygens (including phenoxy) is 1. The first-order valence-electron chi connectivity index (χ1n) is 7.86. The number of amides is 1. The van der Waals surface area contributed by atoms with Crippen molar-refractivity contribution in [3.63, 3.8) is 0 Å². The molecule has 0 heterocycles. The zero-order valence-electron chi connectivity index (χ0n) is 15.6. The first kappa shape index (κ1) is 20.4. The van der Waals surface area contributed by atoms with Crippen molar-refractivity contribution in [2.45, 2.75) is 32.6 Å². The van der Waals surface area contributed by atoms with Gasteiger partial charge in [-0.15, -0.1) is 0 Å². The number of aryl methyl sites for hydroxylation is 2. The molecule has 0 spiro atoms. The van der Waals surface area contributed by atoms with Gasteiger partial charge < -0.3 is 9.64 Å². The molecule has 0 radical (unpaired) electrons. The van der Waals surface area contributed by atoms with Crippen LogP contribution >= 0.6 is 0 Å². The van der Waals surface area contributed by atoms with E-state index in [4.69, 9.17) is 4.74 Å². The van der Waals surface area contributed by atoms with E-state index in [-0.39, 0.29) is 17.3 Å². The lowest BCUT2D eigenvalue weighted by Gasteiger charge is -2.24. The van der Waals surface area contributed by atoms with Gasteiger partial charge in [0.25, 0.3) is 0 Å². The minimum atomic E-state index is -3.75. The van der Waals surface area contributed by atoms with Crippen molar-refractivity contribution in [1.29, 1.82) is 0 Å². The number of carbonyl (C=O) groups is 1. The molecule has 0 bridgehead atoms. The first-order valence-corrected chi connectivity index (χ1v) is 9.30. The van der Waals surface area contributed by atoms with Gasteiger partial charge in [0.15, 0.2) is 0 Å². The highest BCUT2D eigenvalue weighted by Crippen LogP contribution is 2.27. The third-order valence-electron chi connectivity index (χ3n) is 3.76. The summed E-state index contributed by atoms with van der Waals surface area (Å²) in [6.45, 7) is 7.87. The highest BCUT2D eigenvalue weighted by molar-refractivity contribution is 7.89. The molecule has 24 heavy (non-hydrogen) atoms. The fraction of sp³-hybridized carbons (Fsp3) is 0.588. The van der Waals surface area contributed by atoms with E-state index in [9.17, 15) is 13.2 Å². The number of hydrogen-bond donors (Lipinski definition) is 0. The Morgan fingerprint density at radius 2 is 1.67 bits per heavy atom. The Hall–Kier alpha value is -1.60. The summed E-state index contributed by atoms with van der Waals surface area (Å²) in [5, 5.41) is 0. The molecular formula is C17H28N2O4S. The number of likely N-dealkylation sites (N-methyl/N-ethyl adjacent to an activating group) is 2. The fourth-order valence-electron chi connectivity index (χ4n) is 2.64. The van der Waals surface area contributed by atoms with Crippen molar-refractivity contribution in [1.82, 2.24) is 9.21 Å². The van der Waals surface area contributed by atoms with E-state index in [1.807, 2.05) is 13.8 Å². The topological polar surface area (TPSA) is 66.9 Å². The third kappa shape index (κ3) is 4.70. The van der Waals surface area contributed by atoms with Crippen molar-refractivity contribution in [3.05, 3.63) is 23.3 Å². The average molecular weight is 356 g/mol. The molecule has 1 aromatic rings. The summed E-state index contributed by atoms with van der Waals surface area (Å²) >= 11 is 0. The molecule has 0 N–H and O–H groups in total. The van der Waals surface area contributed by atoms with Crippen LogP contribution in [0.3, 0.4) is 0 Å². The van der Waals surface area contributed by atoms with E-state index < -0.39 is 10.0 Å². The Labute approximate surface area is 145 Å². The highest BCUT2D eigenvalue weighted by atomic mass is 32.2. The molecule has 0 saturated heterocycles.